The summed E-state index contributed by atoms with van der Waals surface area (Å²) in [6.45, 7) is 9.70. The summed E-state index contributed by atoms with van der Waals surface area (Å²) in [5, 5.41) is 18.7. The lowest BCUT2D eigenvalue weighted by molar-refractivity contribution is 0.145. The van der Waals surface area contributed by atoms with Crippen LogP contribution in [0.2, 0.25) is 19.1 Å². The number of nitriles is 1. The Morgan fingerprint density at radius 3 is 2.48 bits per heavy atom. The van der Waals surface area contributed by atoms with E-state index in [4.69, 9.17) is 4.43 Å². The third kappa shape index (κ3) is 6.74. The molecule has 0 saturated heterocycles. The molecule has 1 N–H and O–H groups in total. The molecule has 0 aliphatic carbocycles. The van der Waals surface area contributed by atoms with Crippen LogP contribution in [-0.4, -0.2) is 31.0 Å². The minimum Gasteiger partial charge on any atom is -0.465 e. The highest BCUT2D eigenvalue weighted by Crippen LogP contribution is 2.25. The van der Waals surface area contributed by atoms with Crippen LogP contribution in [0.1, 0.15) is 37.0 Å². The molecule has 0 fully saturated rings. The van der Waals surface area contributed by atoms with Gasteiger partial charge in [0.05, 0.1) is 18.2 Å². The zero-order valence-corrected chi connectivity index (χ0v) is 18.7. The van der Waals surface area contributed by atoms with Crippen molar-refractivity contribution < 1.29 is 14.3 Å². The maximum absolute atomic E-state index is 11.3. The Balaban J connectivity index is 2.28. The Labute approximate surface area is 174 Å². The molecule has 0 spiro atoms. The molecule has 0 unspecified atom stereocenters. The monoisotopic (exact) mass is 410 g/mol. The van der Waals surface area contributed by atoms with E-state index in [0.717, 1.165) is 34.7 Å². The SMILES string of the molecule is CCC[Si](C)(C)OCc1cccc(-c2cc(C#N)cc(CN(CC)C(=O)O)c2)c1. The van der Waals surface area contributed by atoms with Crippen LogP contribution in [0.15, 0.2) is 42.5 Å². The average molecular weight is 411 g/mol. The smallest absolute Gasteiger partial charge is 0.407 e. The van der Waals surface area contributed by atoms with E-state index in [1.807, 2.05) is 24.3 Å². The summed E-state index contributed by atoms with van der Waals surface area (Å²) < 4.78 is 6.22. The van der Waals surface area contributed by atoms with E-state index in [2.05, 4.69) is 38.2 Å². The first-order valence-electron chi connectivity index (χ1n) is 10.0. The van der Waals surface area contributed by atoms with Crippen LogP contribution in [0.3, 0.4) is 0 Å². The van der Waals surface area contributed by atoms with Crippen molar-refractivity contribution in [2.24, 2.45) is 0 Å². The molecule has 2 rings (SSSR count). The second-order valence-corrected chi connectivity index (χ2v) is 12.1. The van der Waals surface area contributed by atoms with Gasteiger partial charge in [-0.3, -0.25) is 0 Å². The van der Waals surface area contributed by atoms with Crippen molar-refractivity contribution in [3.05, 3.63) is 59.2 Å². The predicted octanol–water partition coefficient (Wildman–Crippen LogP) is 5.86. The van der Waals surface area contributed by atoms with Gasteiger partial charge in [0, 0.05) is 13.1 Å². The standard InChI is InChI=1S/C23H30N2O3Si/c1-5-10-29(3,4)28-17-18-8-7-9-21(12-18)22-13-19(15-24)11-20(14-22)16-25(6-2)23(26)27/h7-9,11-14H,5-6,10,16-17H2,1-4H3,(H,26,27). The molecule has 0 atom stereocenters. The highest BCUT2D eigenvalue weighted by atomic mass is 28.4. The van der Waals surface area contributed by atoms with Crippen molar-refractivity contribution in [3.8, 4) is 17.2 Å². The molecule has 0 aromatic heterocycles. The second-order valence-electron chi connectivity index (χ2n) is 7.83. The van der Waals surface area contributed by atoms with E-state index in [0.29, 0.717) is 18.7 Å². The molecule has 6 heteroatoms. The highest BCUT2D eigenvalue weighted by molar-refractivity contribution is 6.71. The minimum atomic E-state index is -1.64. The summed E-state index contributed by atoms with van der Waals surface area (Å²) in [6, 6.07) is 17.0. The van der Waals surface area contributed by atoms with Gasteiger partial charge in [0.15, 0.2) is 8.32 Å². The lowest BCUT2D eigenvalue weighted by Crippen LogP contribution is -2.29. The Bertz CT molecular complexity index is 890. The maximum Gasteiger partial charge on any atom is 0.407 e. The Kier molecular flexibility index (Phi) is 8.00. The lowest BCUT2D eigenvalue weighted by Gasteiger charge is -2.22. The molecule has 5 nitrogen and oxygen atoms in total. The second kappa shape index (κ2) is 10.2. The first kappa shape index (κ1) is 22.7. The normalized spacial score (nSPS) is 11.1. The van der Waals surface area contributed by atoms with Gasteiger partial charge >= 0.3 is 6.09 Å². The molecule has 2 aromatic carbocycles. The molecule has 0 saturated carbocycles. The molecule has 0 bridgehead atoms. The van der Waals surface area contributed by atoms with Crippen LogP contribution in [-0.2, 0) is 17.6 Å². The maximum atomic E-state index is 11.3. The van der Waals surface area contributed by atoms with Crippen molar-refractivity contribution in [2.75, 3.05) is 6.54 Å². The summed E-state index contributed by atoms with van der Waals surface area (Å²) in [5.41, 5.74) is 4.34. The molecule has 29 heavy (non-hydrogen) atoms. The number of benzene rings is 2. The summed E-state index contributed by atoms with van der Waals surface area (Å²) in [4.78, 5) is 12.7. The average Bonchev–Trinajstić information content (AvgIpc) is 2.70. The third-order valence-electron chi connectivity index (χ3n) is 4.89. The summed E-state index contributed by atoms with van der Waals surface area (Å²) in [6.07, 6.45) is 0.170. The van der Waals surface area contributed by atoms with E-state index < -0.39 is 14.4 Å². The number of amides is 1. The van der Waals surface area contributed by atoms with E-state index in [1.165, 1.54) is 4.90 Å². The zero-order chi connectivity index (χ0) is 21.4. The molecule has 1 amide bonds. The lowest BCUT2D eigenvalue weighted by atomic mass is 9.98. The number of hydrogen-bond acceptors (Lipinski definition) is 3. The predicted molar refractivity (Wildman–Crippen MR) is 118 cm³/mol. The number of carbonyl (C=O) groups is 1. The van der Waals surface area contributed by atoms with E-state index in [1.54, 1.807) is 13.0 Å². The van der Waals surface area contributed by atoms with Gasteiger partial charge in [-0.05, 0) is 72.6 Å². The minimum absolute atomic E-state index is 0.258. The first-order chi connectivity index (χ1) is 13.8. The van der Waals surface area contributed by atoms with Crippen molar-refractivity contribution in [1.29, 1.82) is 5.26 Å². The van der Waals surface area contributed by atoms with Gasteiger partial charge in [-0.2, -0.15) is 5.26 Å². The number of carboxylic acid groups (broad SMARTS) is 1. The van der Waals surface area contributed by atoms with E-state index in [9.17, 15) is 15.2 Å². The summed E-state index contributed by atoms with van der Waals surface area (Å²) in [5.74, 6) is 0. The summed E-state index contributed by atoms with van der Waals surface area (Å²) in [7, 11) is -1.64. The highest BCUT2D eigenvalue weighted by Gasteiger charge is 2.21. The van der Waals surface area contributed by atoms with Crippen molar-refractivity contribution in [2.45, 2.75) is 52.6 Å². The quantitative estimate of drug-likeness (QED) is 0.526. The van der Waals surface area contributed by atoms with E-state index >= 15 is 0 Å². The Hall–Kier alpha value is -2.62. The topological polar surface area (TPSA) is 73.6 Å². The van der Waals surface area contributed by atoms with Crippen LogP contribution in [0, 0.1) is 11.3 Å². The van der Waals surface area contributed by atoms with Crippen LogP contribution in [0.5, 0.6) is 0 Å². The fraction of sp³-hybridized carbons (Fsp3) is 0.391. The van der Waals surface area contributed by atoms with Gasteiger partial charge in [-0.1, -0.05) is 31.5 Å². The molecule has 2 aromatic rings. The largest absolute Gasteiger partial charge is 0.465 e. The van der Waals surface area contributed by atoms with Crippen LogP contribution in [0.25, 0.3) is 11.1 Å². The summed E-state index contributed by atoms with van der Waals surface area (Å²) >= 11 is 0. The first-order valence-corrected chi connectivity index (χ1v) is 13.1. The molecule has 0 aliphatic heterocycles. The van der Waals surface area contributed by atoms with Crippen molar-refractivity contribution in [1.82, 2.24) is 4.90 Å². The van der Waals surface area contributed by atoms with Gasteiger partial charge in [0.25, 0.3) is 0 Å². The Morgan fingerprint density at radius 1 is 1.14 bits per heavy atom. The Morgan fingerprint density at radius 2 is 1.86 bits per heavy atom. The van der Waals surface area contributed by atoms with Crippen molar-refractivity contribution in [3.63, 3.8) is 0 Å². The molecular formula is C23H30N2O3Si. The van der Waals surface area contributed by atoms with E-state index in [-0.39, 0.29) is 6.54 Å². The molecule has 0 radical (unpaired) electrons. The van der Waals surface area contributed by atoms with Gasteiger partial charge in [-0.25, -0.2) is 4.79 Å². The zero-order valence-electron chi connectivity index (χ0n) is 17.7. The fourth-order valence-corrected chi connectivity index (χ4v) is 5.25. The van der Waals surface area contributed by atoms with Gasteiger partial charge in [-0.15, -0.1) is 0 Å². The molecule has 0 aliphatic rings. The third-order valence-corrected chi connectivity index (χ3v) is 7.52. The fourth-order valence-electron chi connectivity index (χ4n) is 3.34. The van der Waals surface area contributed by atoms with Crippen LogP contribution >= 0.6 is 0 Å². The van der Waals surface area contributed by atoms with Gasteiger partial charge < -0.3 is 14.4 Å². The molecular weight excluding hydrogens is 380 g/mol. The number of hydrogen-bond donors (Lipinski definition) is 1. The number of nitrogens with zero attached hydrogens (tertiary/aromatic N) is 2. The van der Waals surface area contributed by atoms with Crippen molar-refractivity contribution >= 4 is 14.4 Å². The molecule has 154 valence electrons. The van der Waals surface area contributed by atoms with Gasteiger partial charge in [0.1, 0.15) is 0 Å². The van der Waals surface area contributed by atoms with Gasteiger partial charge in [0.2, 0.25) is 0 Å². The van der Waals surface area contributed by atoms with Crippen LogP contribution < -0.4 is 0 Å². The van der Waals surface area contributed by atoms with Crippen LogP contribution in [0.4, 0.5) is 4.79 Å². The molecule has 0 heterocycles. The number of rotatable bonds is 9.